The summed E-state index contributed by atoms with van der Waals surface area (Å²) >= 11 is 0. The highest BCUT2D eigenvalue weighted by Crippen LogP contribution is 2.14. The van der Waals surface area contributed by atoms with Gasteiger partial charge in [0.25, 0.3) is 0 Å². The first-order chi connectivity index (χ1) is 6.63. The minimum atomic E-state index is 0.119. The lowest BCUT2D eigenvalue weighted by Crippen LogP contribution is -2.22. The lowest BCUT2D eigenvalue weighted by Gasteiger charge is -2.21. The molecule has 2 heteroatoms. The third-order valence-corrected chi connectivity index (χ3v) is 2.20. The van der Waals surface area contributed by atoms with E-state index in [0.717, 1.165) is 12.1 Å². The van der Waals surface area contributed by atoms with Crippen LogP contribution in [0, 0.1) is 5.92 Å². The van der Waals surface area contributed by atoms with Gasteiger partial charge in [-0.1, -0.05) is 26.0 Å². The average Bonchev–Trinajstić information content (AvgIpc) is 2.17. The standard InChI is InChI=1S/C12H19NO/c1-10(2)8-13(3)12-6-4-11(9-14)5-7-12/h4-7,10,14H,8-9H2,1-3H3. The van der Waals surface area contributed by atoms with E-state index in [2.05, 4.69) is 25.8 Å². The van der Waals surface area contributed by atoms with Gasteiger partial charge in [0, 0.05) is 19.3 Å². The number of aliphatic hydroxyl groups excluding tert-OH is 1. The van der Waals surface area contributed by atoms with Crippen molar-refractivity contribution in [3.05, 3.63) is 29.8 Å². The molecular formula is C12H19NO. The summed E-state index contributed by atoms with van der Waals surface area (Å²) < 4.78 is 0. The van der Waals surface area contributed by atoms with E-state index < -0.39 is 0 Å². The minimum Gasteiger partial charge on any atom is -0.392 e. The third kappa shape index (κ3) is 3.04. The highest BCUT2D eigenvalue weighted by molar-refractivity contribution is 5.46. The zero-order valence-corrected chi connectivity index (χ0v) is 9.20. The molecule has 0 fully saturated rings. The van der Waals surface area contributed by atoms with Crippen LogP contribution in [-0.2, 0) is 6.61 Å². The summed E-state index contributed by atoms with van der Waals surface area (Å²) in [6.07, 6.45) is 0. The number of nitrogens with zero attached hydrogens (tertiary/aromatic N) is 1. The van der Waals surface area contributed by atoms with Gasteiger partial charge in [-0.2, -0.15) is 0 Å². The number of anilines is 1. The molecule has 0 amide bonds. The van der Waals surface area contributed by atoms with Crippen LogP contribution < -0.4 is 4.90 Å². The van der Waals surface area contributed by atoms with Crippen molar-refractivity contribution in [2.75, 3.05) is 18.5 Å². The molecule has 1 rings (SSSR count). The van der Waals surface area contributed by atoms with E-state index >= 15 is 0 Å². The number of hydrogen-bond acceptors (Lipinski definition) is 2. The van der Waals surface area contributed by atoms with Crippen LogP contribution in [0.4, 0.5) is 5.69 Å². The van der Waals surface area contributed by atoms with Crippen molar-refractivity contribution in [2.45, 2.75) is 20.5 Å². The minimum absolute atomic E-state index is 0.119. The Labute approximate surface area is 86.2 Å². The molecule has 0 heterocycles. The molecule has 78 valence electrons. The largest absolute Gasteiger partial charge is 0.392 e. The smallest absolute Gasteiger partial charge is 0.0681 e. The Kier molecular flexibility index (Phi) is 3.96. The van der Waals surface area contributed by atoms with Crippen molar-refractivity contribution >= 4 is 5.69 Å². The molecule has 0 aliphatic heterocycles. The molecule has 1 N–H and O–H groups in total. The summed E-state index contributed by atoms with van der Waals surface area (Å²) in [6, 6.07) is 8.03. The molecule has 0 aliphatic rings. The van der Waals surface area contributed by atoms with Crippen LogP contribution in [0.3, 0.4) is 0 Å². The van der Waals surface area contributed by atoms with E-state index in [0.29, 0.717) is 5.92 Å². The molecule has 1 aromatic carbocycles. The van der Waals surface area contributed by atoms with Crippen molar-refractivity contribution in [1.82, 2.24) is 0 Å². The molecular weight excluding hydrogens is 174 g/mol. The van der Waals surface area contributed by atoms with Gasteiger partial charge in [0.15, 0.2) is 0 Å². The van der Waals surface area contributed by atoms with Gasteiger partial charge >= 0.3 is 0 Å². The molecule has 0 aliphatic carbocycles. The van der Waals surface area contributed by atoms with Crippen LogP contribution in [0.1, 0.15) is 19.4 Å². The Morgan fingerprint density at radius 1 is 1.21 bits per heavy atom. The first-order valence-corrected chi connectivity index (χ1v) is 5.04. The summed E-state index contributed by atoms with van der Waals surface area (Å²) in [5.74, 6) is 0.664. The van der Waals surface area contributed by atoms with Crippen molar-refractivity contribution < 1.29 is 5.11 Å². The van der Waals surface area contributed by atoms with E-state index in [-0.39, 0.29) is 6.61 Å². The lowest BCUT2D eigenvalue weighted by molar-refractivity contribution is 0.282. The predicted octanol–water partition coefficient (Wildman–Crippen LogP) is 2.27. The maximum absolute atomic E-state index is 8.90. The summed E-state index contributed by atoms with van der Waals surface area (Å²) in [5.41, 5.74) is 2.17. The fourth-order valence-electron chi connectivity index (χ4n) is 1.51. The van der Waals surface area contributed by atoms with Crippen LogP contribution in [0.5, 0.6) is 0 Å². The Balaban J connectivity index is 2.66. The number of aliphatic hydroxyl groups is 1. The highest BCUT2D eigenvalue weighted by atomic mass is 16.3. The van der Waals surface area contributed by atoms with Crippen LogP contribution >= 0.6 is 0 Å². The molecule has 0 unspecified atom stereocenters. The maximum Gasteiger partial charge on any atom is 0.0681 e. The quantitative estimate of drug-likeness (QED) is 0.793. The zero-order valence-electron chi connectivity index (χ0n) is 9.20. The molecule has 14 heavy (non-hydrogen) atoms. The molecule has 0 saturated carbocycles. The summed E-state index contributed by atoms with van der Waals surface area (Å²) in [5, 5.41) is 8.90. The van der Waals surface area contributed by atoms with Crippen molar-refractivity contribution in [3.8, 4) is 0 Å². The summed E-state index contributed by atoms with van der Waals surface area (Å²) in [6.45, 7) is 5.59. The SMILES string of the molecule is CC(C)CN(C)c1ccc(CO)cc1. The predicted molar refractivity (Wildman–Crippen MR) is 60.5 cm³/mol. The van der Waals surface area contributed by atoms with Gasteiger partial charge in [0.05, 0.1) is 6.61 Å². The van der Waals surface area contributed by atoms with Gasteiger partial charge in [-0.25, -0.2) is 0 Å². The molecule has 0 aromatic heterocycles. The Morgan fingerprint density at radius 3 is 2.21 bits per heavy atom. The molecule has 0 spiro atoms. The second-order valence-corrected chi connectivity index (χ2v) is 4.10. The second-order valence-electron chi connectivity index (χ2n) is 4.10. The number of hydrogen-bond donors (Lipinski definition) is 1. The molecule has 0 bridgehead atoms. The average molecular weight is 193 g/mol. The van der Waals surface area contributed by atoms with E-state index in [1.807, 2.05) is 24.3 Å². The van der Waals surface area contributed by atoms with E-state index in [1.165, 1.54) is 5.69 Å². The van der Waals surface area contributed by atoms with E-state index in [9.17, 15) is 0 Å². The van der Waals surface area contributed by atoms with Crippen LogP contribution in [0.15, 0.2) is 24.3 Å². The molecule has 1 aromatic rings. The van der Waals surface area contributed by atoms with E-state index in [1.54, 1.807) is 0 Å². The van der Waals surface area contributed by atoms with Gasteiger partial charge in [-0.3, -0.25) is 0 Å². The topological polar surface area (TPSA) is 23.5 Å². The Bertz CT molecular complexity index is 266. The van der Waals surface area contributed by atoms with Gasteiger partial charge in [0.1, 0.15) is 0 Å². The van der Waals surface area contributed by atoms with Gasteiger partial charge in [0.2, 0.25) is 0 Å². The van der Waals surface area contributed by atoms with Crippen molar-refractivity contribution in [1.29, 1.82) is 0 Å². The normalized spacial score (nSPS) is 10.6. The van der Waals surface area contributed by atoms with Gasteiger partial charge < -0.3 is 10.0 Å². The number of rotatable bonds is 4. The van der Waals surface area contributed by atoms with Gasteiger partial charge in [-0.05, 0) is 23.6 Å². The summed E-state index contributed by atoms with van der Waals surface area (Å²) in [4.78, 5) is 2.23. The fraction of sp³-hybridized carbons (Fsp3) is 0.500. The van der Waals surface area contributed by atoms with Crippen LogP contribution in [0.2, 0.25) is 0 Å². The maximum atomic E-state index is 8.90. The molecule has 0 radical (unpaired) electrons. The monoisotopic (exact) mass is 193 g/mol. The fourth-order valence-corrected chi connectivity index (χ4v) is 1.51. The first-order valence-electron chi connectivity index (χ1n) is 5.04. The van der Waals surface area contributed by atoms with E-state index in [4.69, 9.17) is 5.11 Å². The third-order valence-electron chi connectivity index (χ3n) is 2.20. The Hall–Kier alpha value is -1.02. The second kappa shape index (κ2) is 5.01. The van der Waals surface area contributed by atoms with Gasteiger partial charge in [-0.15, -0.1) is 0 Å². The van der Waals surface area contributed by atoms with Crippen molar-refractivity contribution in [2.24, 2.45) is 5.92 Å². The zero-order chi connectivity index (χ0) is 10.6. The van der Waals surface area contributed by atoms with Crippen LogP contribution in [-0.4, -0.2) is 18.7 Å². The van der Waals surface area contributed by atoms with Crippen LogP contribution in [0.25, 0.3) is 0 Å². The summed E-state index contributed by atoms with van der Waals surface area (Å²) in [7, 11) is 2.09. The number of benzene rings is 1. The molecule has 0 atom stereocenters. The first kappa shape index (κ1) is 11.1. The lowest BCUT2D eigenvalue weighted by atomic mass is 10.1. The van der Waals surface area contributed by atoms with Crippen molar-refractivity contribution in [3.63, 3.8) is 0 Å². The highest BCUT2D eigenvalue weighted by Gasteiger charge is 2.02. The Morgan fingerprint density at radius 2 is 1.79 bits per heavy atom. The molecule has 2 nitrogen and oxygen atoms in total. The molecule has 0 saturated heterocycles.